The quantitative estimate of drug-likeness (QED) is 0.876. The lowest BCUT2D eigenvalue weighted by atomic mass is 9.89. The van der Waals surface area contributed by atoms with Crippen LogP contribution in [0.5, 0.6) is 0 Å². The molecular weight excluding hydrogens is 278 g/mol. The maximum atomic E-state index is 9.97. The Bertz CT molecular complexity index is 367. The number of aliphatic hydroxyl groups excluding tert-OH is 1. The molecule has 3 unspecified atom stereocenters. The number of benzene rings is 1. The molecule has 0 amide bonds. The van der Waals surface area contributed by atoms with Crippen LogP contribution in [0.3, 0.4) is 0 Å². The van der Waals surface area contributed by atoms with Crippen LogP contribution in [0.1, 0.15) is 43.7 Å². The van der Waals surface area contributed by atoms with Gasteiger partial charge < -0.3 is 10.8 Å². The molecule has 0 saturated carbocycles. The summed E-state index contributed by atoms with van der Waals surface area (Å²) in [5.41, 5.74) is 8.38. The van der Waals surface area contributed by atoms with Crippen molar-refractivity contribution in [2.24, 2.45) is 5.73 Å². The van der Waals surface area contributed by atoms with E-state index in [9.17, 15) is 5.11 Å². The standard InChI is InChI=1S/C14H22BrNO/c1-4-13(16)14(17)8-9(2)11-6-5-7-12(15)10(11)3/h5-7,9,13-14,17H,4,8,16H2,1-3H3. The van der Waals surface area contributed by atoms with Crippen molar-refractivity contribution in [1.29, 1.82) is 0 Å². The SMILES string of the molecule is CCC(N)C(O)CC(C)c1cccc(Br)c1C. The third-order valence-corrected chi connectivity index (χ3v) is 4.26. The van der Waals surface area contributed by atoms with E-state index in [0.717, 1.165) is 10.9 Å². The average Bonchev–Trinajstić information content (AvgIpc) is 2.31. The molecule has 96 valence electrons. The van der Waals surface area contributed by atoms with Gasteiger partial charge in [0.05, 0.1) is 6.10 Å². The van der Waals surface area contributed by atoms with Crippen molar-refractivity contribution in [2.45, 2.75) is 51.7 Å². The molecule has 3 heteroatoms. The first-order chi connectivity index (χ1) is 7.97. The van der Waals surface area contributed by atoms with Gasteiger partial charge in [-0.25, -0.2) is 0 Å². The fraction of sp³-hybridized carbons (Fsp3) is 0.571. The van der Waals surface area contributed by atoms with E-state index in [1.165, 1.54) is 11.1 Å². The molecule has 2 nitrogen and oxygen atoms in total. The number of nitrogens with two attached hydrogens (primary N) is 1. The van der Waals surface area contributed by atoms with Gasteiger partial charge in [-0.1, -0.05) is 41.9 Å². The molecular formula is C14H22BrNO. The molecule has 0 heterocycles. The number of hydrogen-bond acceptors (Lipinski definition) is 2. The molecule has 0 fully saturated rings. The van der Waals surface area contributed by atoms with E-state index in [1.54, 1.807) is 0 Å². The predicted molar refractivity (Wildman–Crippen MR) is 76.2 cm³/mol. The summed E-state index contributed by atoms with van der Waals surface area (Å²) >= 11 is 3.54. The molecule has 3 atom stereocenters. The van der Waals surface area contributed by atoms with Crippen LogP contribution in [0.15, 0.2) is 22.7 Å². The summed E-state index contributed by atoms with van der Waals surface area (Å²) in [4.78, 5) is 0. The fourth-order valence-corrected chi connectivity index (χ4v) is 2.48. The van der Waals surface area contributed by atoms with Crippen molar-refractivity contribution in [3.8, 4) is 0 Å². The van der Waals surface area contributed by atoms with Crippen LogP contribution in [0.4, 0.5) is 0 Å². The molecule has 17 heavy (non-hydrogen) atoms. The zero-order valence-corrected chi connectivity index (χ0v) is 12.4. The molecule has 0 saturated heterocycles. The molecule has 0 aliphatic heterocycles. The Morgan fingerprint density at radius 3 is 2.65 bits per heavy atom. The van der Waals surface area contributed by atoms with Gasteiger partial charge in [0.15, 0.2) is 0 Å². The van der Waals surface area contributed by atoms with Crippen molar-refractivity contribution in [3.05, 3.63) is 33.8 Å². The van der Waals surface area contributed by atoms with Crippen LogP contribution in [-0.2, 0) is 0 Å². The molecule has 0 bridgehead atoms. The first-order valence-corrected chi connectivity index (χ1v) is 6.95. The smallest absolute Gasteiger partial charge is 0.0696 e. The second kappa shape index (κ2) is 6.53. The van der Waals surface area contributed by atoms with Crippen LogP contribution in [0, 0.1) is 6.92 Å². The first-order valence-electron chi connectivity index (χ1n) is 6.16. The van der Waals surface area contributed by atoms with Gasteiger partial charge >= 0.3 is 0 Å². The van der Waals surface area contributed by atoms with Gasteiger partial charge in [-0.05, 0) is 42.9 Å². The highest BCUT2D eigenvalue weighted by Gasteiger charge is 2.18. The highest BCUT2D eigenvalue weighted by atomic mass is 79.9. The van der Waals surface area contributed by atoms with E-state index in [1.807, 2.05) is 19.1 Å². The third kappa shape index (κ3) is 3.80. The summed E-state index contributed by atoms with van der Waals surface area (Å²) in [5, 5.41) is 9.97. The summed E-state index contributed by atoms with van der Waals surface area (Å²) in [7, 11) is 0. The summed E-state index contributed by atoms with van der Waals surface area (Å²) < 4.78 is 1.12. The average molecular weight is 300 g/mol. The molecule has 0 aliphatic carbocycles. The van der Waals surface area contributed by atoms with E-state index in [-0.39, 0.29) is 6.04 Å². The Morgan fingerprint density at radius 1 is 1.41 bits per heavy atom. The van der Waals surface area contributed by atoms with E-state index in [2.05, 4.69) is 35.8 Å². The van der Waals surface area contributed by atoms with E-state index in [0.29, 0.717) is 12.3 Å². The topological polar surface area (TPSA) is 46.2 Å². The van der Waals surface area contributed by atoms with Crippen LogP contribution >= 0.6 is 15.9 Å². The highest BCUT2D eigenvalue weighted by molar-refractivity contribution is 9.10. The summed E-state index contributed by atoms with van der Waals surface area (Å²) in [6.07, 6.45) is 1.10. The maximum Gasteiger partial charge on any atom is 0.0696 e. The zero-order chi connectivity index (χ0) is 13.0. The van der Waals surface area contributed by atoms with Crippen molar-refractivity contribution in [3.63, 3.8) is 0 Å². The van der Waals surface area contributed by atoms with Crippen LogP contribution in [-0.4, -0.2) is 17.3 Å². The number of halogens is 1. The minimum absolute atomic E-state index is 0.120. The van der Waals surface area contributed by atoms with Gasteiger partial charge in [0.2, 0.25) is 0 Å². The summed E-state index contributed by atoms with van der Waals surface area (Å²) in [5.74, 6) is 0.320. The van der Waals surface area contributed by atoms with Gasteiger partial charge in [-0.15, -0.1) is 0 Å². The maximum absolute atomic E-state index is 9.97. The van der Waals surface area contributed by atoms with Crippen molar-refractivity contribution >= 4 is 15.9 Å². The Hall–Kier alpha value is -0.380. The number of aliphatic hydroxyl groups is 1. The molecule has 1 rings (SSSR count). The van der Waals surface area contributed by atoms with Crippen LogP contribution in [0.25, 0.3) is 0 Å². The molecule has 1 aromatic rings. The summed E-state index contributed by atoms with van der Waals surface area (Å²) in [6.45, 7) is 6.24. The van der Waals surface area contributed by atoms with Gasteiger partial charge in [0, 0.05) is 10.5 Å². The Labute approximate surface area is 112 Å². The van der Waals surface area contributed by atoms with Gasteiger partial charge in [0.1, 0.15) is 0 Å². The predicted octanol–water partition coefficient (Wildman–Crippen LogP) is 3.35. The van der Waals surface area contributed by atoms with Crippen molar-refractivity contribution in [2.75, 3.05) is 0 Å². The van der Waals surface area contributed by atoms with Crippen LogP contribution in [0.2, 0.25) is 0 Å². The Kier molecular flexibility index (Phi) is 5.63. The zero-order valence-electron chi connectivity index (χ0n) is 10.8. The lowest BCUT2D eigenvalue weighted by molar-refractivity contribution is 0.126. The second-order valence-corrected chi connectivity index (χ2v) is 5.58. The van der Waals surface area contributed by atoms with Gasteiger partial charge in [-0.2, -0.15) is 0 Å². The molecule has 0 aromatic heterocycles. The summed E-state index contributed by atoms with van der Waals surface area (Å²) in [6, 6.07) is 6.08. The first kappa shape index (κ1) is 14.7. The van der Waals surface area contributed by atoms with E-state index in [4.69, 9.17) is 5.73 Å². The van der Waals surface area contributed by atoms with Gasteiger partial charge in [0.25, 0.3) is 0 Å². The normalized spacial score (nSPS) is 16.6. The number of hydrogen-bond donors (Lipinski definition) is 2. The molecule has 0 spiro atoms. The Balaban J connectivity index is 2.76. The van der Waals surface area contributed by atoms with E-state index >= 15 is 0 Å². The lowest BCUT2D eigenvalue weighted by Crippen LogP contribution is -2.34. The monoisotopic (exact) mass is 299 g/mol. The highest BCUT2D eigenvalue weighted by Crippen LogP contribution is 2.29. The minimum Gasteiger partial charge on any atom is -0.391 e. The number of rotatable bonds is 5. The molecule has 1 aromatic carbocycles. The fourth-order valence-electron chi connectivity index (χ4n) is 2.09. The lowest BCUT2D eigenvalue weighted by Gasteiger charge is -2.22. The molecule has 0 aliphatic rings. The van der Waals surface area contributed by atoms with Crippen molar-refractivity contribution in [1.82, 2.24) is 0 Å². The molecule has 3 N–H and O–H groups in total. The third-order valence-electron chi connectivity index (χ3n) is 3.40. The Morgan fingerprint density at radius 2 is 2.06 bits per heavy atom. The van der Waals surface area contributed by atoms with Crippen LogP contribution < -0.4 is 5.73 Å². The van der Waals surface area contributed by atoms with Crippen molar-refractivity contribution < 1.29 is 5.11 Å². The second-order valence-electron chi connectivity index (χ2n) is 4.73. The largest absolute Gasteiger partial charge is 0.391 e. The minimum atomic E-state index is -0.423. The van der Waals surface area contributed by atoms with Gasteiger partial charge in [-0.3, -0.25) is 0 Å². The molecule has 0 radical (unpaired) electrons. The van der Waals surface area contributed by atoms with E-state index < -0.39 is 6.10 Å².